The van der Waals surface area contributed by atoms with Gasteiger partial charge in [-0.1, -0.05) is 19.0 Å². The number of epoxide rings is 1. The highest BCUT2D eigenvalue weighted by Crippen LogP contribution is 2.52. The average Bonchev–Trinajstić information content (AvgIpc) is 2.56. The van der Waals surface area contributed by atoms with Crippen molar-refractivity contribution in [1.82, 2.24) is 0 Å². The molecular formula is C9H15NO2. The van der Waals surface area contributed by atoms with Crippen LogP contribution in [0.15, 0.2) is 5.16 Å². The van der Waals surface area contributed by atoms with Crippen molar-refractivity contribution in [2.24, 2.45) is 10.6 Å². The predicted octanol–water partition coefficient (Wildman–Crippen LogP) is 1.79. The van der Waals surface area contributed by atoms with Gasteiger partial charge in [0, 0.05) is 0 Å². The van der Waals surface area contributed by atoms with Gasteiger partial charge in [-0.25, -0.2) is 0 Å². The van der Waals surface area contributed by atoms with Crippen LogP contribution in [0.1, 0.15) is 33.6 Å². The molecule has 1 heterocycles. The molecule has 12 heavy (non-hydrogen) atoms. The van der Waals surface area contributed by atoms with E-state index in [4.69, 9.17) is 9.94 Å². The lowest BCUT2D eigenvalue weighted by Crippen LogP contribution is -2.34. The van der Waals surface area contributed by atoms with Gasteiger partial charge in [-0.15, -0.1) is 0 Å². The highest BCUT2D eigenvalue weighted by Gasteiger charge is 2.61. The molecule has 2 rings (SSSR count). The molecule has 1 saturated heterocycles. The first kappa shape index (κ1) is 8.05. The van der Waals surface area contributed by atoms with E-state index in [0.717, 1.165) is 18.6 Å². The lowest BCUT2D eigenvalue weighted by atomic mass is 9.72. The van der Waals surface area contributed by atoms with Gasteiger partial charge in [0.2, 0.25) is 0 Å². The van der Waals surface area contributed by atoms with Gasteiger partial charge in [0.15, 0.2) is 0 Å². The molecule has 0 aromatic heterocycles. The van der Waals surface area contributed by atoms with Crippen molar-refractivity contribution in [2.45, 2.75) is 45.3 Å². The van der Waals surface area contributed by atoms with E-state index in [2.05, 4.69) is 25.9 Å². The monoisotopic (exact) mass is 169 g/mol. The Hall–Kier alpha value is -0.570. The van der Waals surface area contributed by atoms with Crippen LogP contribution in [0.2, 0.25) is 0 Å². The van der Waals surface area contributed by atoms with Crippen LogP contribution in [0.25, 0.3) is 0 Å². The Bertz CT molecular complexity index is 244. The number of fused-ring (bicyclic) bond motifs is 1. The van der Waals surface area contributed by atoms with Crippen LogP contribution in [0.3, 0.4) is 0 Å². The summed E-state index contributed by atoms with van der Waals surface area (Å²) in [5, 5.41) is 12.0. The first-order chi connectivity index (χ1) is 5.47. The van der Waals surface area contributed by atoms with Crippen molar-refractivity contribution >= 4 is 5.71 Å². The first-order valence-corrected chi connectivity index (χ1v) is 4.35. The van der Waals surface area contributed by atoms with Gasteiger partial charge in [-0.3, -0.25) is 0 Å². The lowest BCUT2D eigenvalue weighted by molar-refractivity contribution is 0.222. The minimum absolute atomic E-state index is 0.0384. The molecular weight excluding hydrogens is 154 g/mol. The predicted molar refractivity (Wildman–Crippen MR) is 45.5 cm³/mol. The fourth-order valence-corrected chi connectivity index (χ4v) is 2.47. The largest absolute Gasteiger partial charge is 0.411 e. The third kappa shape index (κ3) is 1.04. The quantitative estimate of drug-likeness (QED) is 0.341. The maximum Gasteiger partial charge on any atom is 0.128 e. The summed E-state index contributed by atoms with van der Waals surface area (Å²) in [6, 6.07) is 0. The number of hydrogen-bond acceptors (Lipinski definition) is 3. The average molecular weight is 169 g/mol. The Morgan fingerprint density at radius 3 is 2.75 bits per heavy atom. The third-order valence-corrected chi connectivity index (χ3v) is 2.80. The smallest absolute Gasteiger partial charge is 0.128 e. The normalized spacial score (nSPS) is 47.2. The van der Waals surface area contributed by atoms with E-state index >= 15 is 0 Å². The molecule has 2 fully saturated rings. The summed E-state index contributed by atoms with van der Waals surface area (Å²) in [5.41, 5.74) is 0.987. The molecule has 2 aliphatic rings. The Labute approximate surface area is 72.4 Å². The Kier molecular flexibility index (Phi) is 1.35. The first-order valence-electron chi connectivity index (χ1n) is 4.35. The molecule has 0 amide bonds. The van der Waals surface area contributed by atoms with Gasteiger partial charge < -0.3 is 9.94 Å². The minimum atomic E-state index is -0.0384. The van der Waals surface area contributed by atoms with E-state index in [9.17, 15) is 0 Å². The zero-order valence-corrected chi connectivity index (χ0v) is 7.79. The van der Waals surface area contributed by atoms with E-state index < -0.39 is 0 Å². The highest BCUT2D eigenvalue weighted by atomic mass is 16.6. The van der Waals surface area contributed by atoms with Gasteiger partial charge in [0.25, 0.3) is 0 Å². The van der Waals surface area contributed by atoms with Gasteiger partial charge in [-0.05, 0) is 25.2 Å². The number of hydrogen-bond donors (Lipinski definition) is 1. The third-order valence-electron chi connectivity index (χ3n) is 2.80. The van der Waals surface area contributed by atoms with Crippen molar-refractivity contribution in [3.8, 4) is 0 Å². The Balaban J connectivity index is 2.24. The highest BCUT2D eigenvalue weighted by molar-refractivity contribution is 5.93. The van der Waals surface area contributed by atoms with Gasteiger partial charge in [0.05, 0.1) is 11.3 Å². The van der Waals surface area contributed by atoms with Crippen molar-refractivity contribution in [1.29, 1.82) is 0 Å². The van der Waals surface area contributed by atoms with Gasteiger partial charge >= 0.3 is 0 Å². The summed E-state index contributed by atoms with van der Waals surface area (Å²) in [4.78, 5) is 0. The molecule has 0 bridgehead atoms. The van der Waals surface area contributed by atoms with Crippen molar-refractivity contribution < 1.29 is 9.94 Å². The van der Waals surface area contributed by atoms with Crippen LogP contribution < -0.4 is 0 Å². The van der Waals surface area contributed by atoms with Gasteiger partial charge in [0.1, 0.15) is 6.10 Å². The molecule has 0 spiro atoms. The van der Waals surface area contributed by atoms with Crippen LogP contribution >= 0.6 is 0 Å². The van der Waals surface area contributed by atoms with Crippen molar-refractivity contribution in [3.63, 3.8) is 0 Å². The van der Waals surface area contributed by atoms with Crippen LogP contribution in [0, 0.1) is 5.41 Å². The van der Waals surface area contributed by atoms with E-state index in [-0.39, 0.29) is 17.1 Å². The zero-order valence-electron chi connectivity index (χ0n) is 7.79. The Morgan fingerprint density at radius 2 is 2.17 bits per heavy atom. The summed E-state index contributed by atoms with van der Waals surface area (Å²) in [6.45, 7) is 6.45. The zero-order chi connectivity index (χ0) is 8.98. The lowest BCUT2D eigenvalue weighted by Gasteiger charge is -2.30. The van der Waals surface area contributed by atoms with Crippen LogP contribution in [-0.4, -0.2) is 22.6 Å². The summed E-state index contributed by atoms with van der Waals surface area (Å²) in [7, 11) is 0. The Morgan fingerprint density at radius 1 is 1.50 bits per heavy atom. The second kappa shape index (κ2) is 2.02. The number of rotatable bonds is 0. The molecule has 3 nitrogen and oxygen atoms in total. The topological polar surface area (TPSA) is 45.1 Å². The molecule has 1 saturated carbocycles. The van der Waals surface area contributed by atoms with E-state index in [0.29, 0.717) is 0 Å². The second-order valence-electron chi connectivity index (χ2n) is 4.92. The molecule has 68 valence electrons. The molecule has 0 aromatic rings. The fraction of sp³-hybridized carbons (Fsp3) is 0.889. The molecule has 1 aliphatic heterocycles. The van der Waals surface area contributed by atoms with Crippen LogP contribution in [0.4, 0.5) is 0 Å². The molecule has 2 unspecified atom stereocenters. The van der Waals surface area contributed by atoms with E-state index in [1.54, 1.807) is 0 Å². The summed E-state index contributed by atoms with van der Waals surface area (Å²) < 4.78 is 5.51. The molecule has 1 aliphatic carbocycles. The number of nitrogens with zero attached hydrogens (tertiary/aromatic N) is 1. The van der Waals surface area contributed by atoms with Crippen molar-refractivity contribution in [2.75, 3.05) is 0 Å². The van der Waals surface area contributed by atoms with Gasteiger partial charge in [-0.2, -0.15) is 0 Å². The van der Waals surface area contributed by atoms with Crippen molar-refractivity contribution in [3.05, 3.63) is 0 Å². The number of ether oxygens (including phenoxy) is 1. The summed E-state index contributed by atoms with van der Waals surface area (Å²) in [5.74, 6) is 0. The molecule has 2 atom stereocenters. The molecule has 3 heteroatoms. The fourth-order valence-electron chi connectivity index (χ4n) is 2.47. The van der Waals surface area contributed by atoms with E-state index in [1.807, 2.05) is 0 Å². The van der Waals surface area contributed by atoms with Crippen LogP contribution in [0.5, 0.6) is 0 Å². The maximum atomic E-state index is 8.74. The molecule has 0 radical (unpaired) electrons. The second-order valence-corrected chi connectivity index (χ2v) is 4.92. The van der Waals surface area contributed by atoms with E-state index in [1.165, 1.54) is 0 Å². The summed E-state index contributed by atoms with van der Waals surface area (Å²) >= 11 is 0. The standard InChI is InChI=1S/C9H15NO2/c1-8(2)4-6(10-11)7-9(3,5-8)12-7/h7,11H,4-5H2,1-3H3/b10-6+. The number of oxime groups is 1. The molecule has 0 aromatic carbocycles. The van der Waals surface area contributed by atoms with Crippen LogP contribution in [-0.2, 0) is 4.74 Å². The SMILES string of the molecule is CC1(C)C/C(=N\O)C2OC2(C)C1. The maximum absolute atomic E-state index is 8.74. The minimum Gasteiger partial charge on any atom is -0.411 e. The molecule has 1 N–H and O–H groups in total. The summed E-state index contributed by atoms with van der Waals surface area (Å²) in [6.07, 6.45) is 2.00.